The van der Waals surface area contributed by atoms with Gasteiger partial charge in [-0.3, -0.25) is 4.79 Å². The van der Waals surface area contributed by atoms with Gasteiger partial charge in [0.15, 0.2) is 0 Å². The Morgan fingerprint density at radius 1 is 1.00 bits per heavy atom. The van der Waals surface area contributed by atoms with Gasteiger partial charge in [-0.25, -0.2) is 0 Å². The lowest BCUT2D eigenvalue weighted by atomic mass is 9.43. The van der Waals surface area contributed by atoms with Crippen LogP contribution in [0.15, 0.2) is 0 Å². The van der Waals surface area contributed by atoms with Crippen LogP contribution < -0.4 is 0 Å². The van der Waals surface area contributed by atoms with Crippen molar-refractivity contribution in [3.63, 3.8) is 0 Å². The number of aliphatic hydroxyl groups excluding tert-OH is 2. The second-order valence-electron chi connectivity index (χ2n) is 10.5. The first-order valence-electron chi connectivity index (χ1n) is 10.8. The summed E-state index contributed by atoms with van der Waals surface area (Å²) in [5, 5.41) is 31.0. The zero-order valence-corrected chi connectivity index (χ0v) is 16.5. The van der Waals surface area contributed by atoms with Crippen LogP contribution in [0.5, 0.6) is 0 Å². The van der Waals surface area contributed by atoms with Gasteiger partial charge in [-0.2, -0.15) is 0 Å². The lowest BCUT2D eigenvalue weighted by molar-refractivity contribution is -0.178. The molecule has 26 heavy (non-hydrogen) atoms. The van der Waals surface area contributed by atoms with E-state index in [4.69, 9.17) is 0 Å². The zero-order chi connectivity index (χ0) is 18.9. The first-order chi connectivity index (χ1) is 12.2. The molecule has 0 aromatic carbocycles. The van der Waals surface area contributed by atoms with Crippen LogP contribution in [0.25, 0.3) is 0 Å². The van der Waals surface area contributed by atoms with Crippen LogP contribution in [-0.2, 0) is 4.79 Å². The van der Waals surface area contributed by atoms with Gasteiger partial charge in [-0.15, -0.1) is 0 Å². The predicted molar refractivity (Wildman–Crippen MR) is 99.4 cm³/mol. The van der Waals surface area contributed by atoms with Crippen LogP contribution in [0.1, 0.15) is 72.1 Å². The Kier molecular flexibility index (Phi) is 4.47. The van der Waals surface area contributed by atoms with Gasteiger partial charge < -0.3 is 15.3 Å². The first kappa shape index (κ1) is 18.7. The van der Waals surface area contributed by atoms with Crippen molar-refractivity contribution in [3.8, 4) is 0 Å². The molecular formula is C22H36O4. The Balaban J connectivity index is 1.64. The summed E-state index contributed by atoms with van der Waals surface area (Å²) in [6.45, 7) is 6.44. The van der Waals surface area contributed by atoms with Crippen molar-refractivity contribution < 1.29 is 20.1 Å². The molecule has 4 heteroatoms. The topological polar surface area (TPSA) is 77.8 Å². The fourth-order valence-corrected chi connectivity index (χ4v) is 8.22. The second-order valence-corrected chi connectivity index (χ2v) is 10.5. The van der Waals surface area contributed by atoms with Gasteiger partial charge in [0.05, 0.1) is 18.1 Å². The third-order valence-corrected chi connectivity index (χ3v) is 9.81. The number of carboxylic acids is 1. The Bertz CT molecular complexity index is 576. The van der Waals surface area contributed by atoms with Crippen LogP contribution in [0, 0.1) is 46.3 Å². The molecule has 4 aliphatic carbocycles. The molecule has 0 aliphatic heterocycles. The van der Waals surface area contributed by atoms with E-state index in [0.29, 0.717) is 23.7 Å². The molecule has 10 atom stereocenters. The van der Waals surface area contributed by atoms with E-state index in [9.17, 15) is 20.1 Å². The molecule has 0 aromatic rings. The molecule has 0 bridgehead atoms. The van der Waals surface area contributed by atoms with Crippen molar-refractivity contribution in [1.82, 2.24) is 0 Å². The number of carboxylic acid groups (broad SMARTS) is 1. The standard InChI is InChI=1S/C22H36O4/c1-12(20(25)26)16-6-7-17-15-5-4-13-10-14(23)8-9-21(13,2)18(15)11-19(24)22(16,17)3/h12-19,23-24H,4-11H2,1-3H3,(H,25,26)/t12-,13+,14+,15-,16+,17-,18-,19-,21+,22-/m1/s1. The highest BCUT2D eigenvalue weighted by atomic mass is 16.4. The lowest BCUT2D eigenvalue weighted by Crippen LogP contribution is -2.59. The number of aliphatic carboxylic acids is 1. The summed E-state index contributed by atoms with van der Waals surface area (Å²) in [5.41, 5.74) is -0.0166. The number of hydrogen-bond donors (Lipinski definition) is 3. The summed E-state index contributed by atoms with van der Waals surface area (Å²) >= 11 is 0. The van der Waals surface area contributed by atoms with E-state index >= 15 is 0 Å². The molecule has 0 saturated heterocycles. The average Bonchev–Trinajstić information content (AvgIpc) is 2.94. The maximum Gasteiger partial charge on any atom is 0.306 e. The second kappa shape index (κ2) is 6.20. The molecule has 4 saturated carbocycles. The third kappa shape index (κ3) is 2.44. The molecule has 4 rings (SSSR count). The third-order valence-electron chi connectivity index (χ3n) is 9.81. The average molecular weight is 365 g/mol. The SMILES string of the molecule is C[C@@H](C(=O)O)[C@@H]1CC[C@@H]2[C@H]3CC[C@H]4C[C@@H](O)CC[C@]4(C)[C@@H]3C[C@@H](O)[C@@]21C. The van der Waals surface area contributed by atoms with Gasteiger partial charge in [-0.1, -0.05) is 20.8 Å². The molecule has 148 valence electrons. The summed E-state index contributed by atoms with van der Waals surface area (Å²) in [7, 11) is 0. The Labute approximate surface area is 157 Å². The molecule has 4 fully saturated rings. The normalized spacial score (nSPS) is 54.7. The van der Waals surface area contributed by atoms with Crippen molar-refractivity contribution in [3.05, 3.63) is 0 Å². The summed E-state index contributed by atoms with van der Waals surface area (Å²) in [4.78, 5) is 11.7. The van der Waals surface area contributed by atoms with E-state index in [-0.39, 0.29) is 28.8 Å². The Morgan fingerprint density at radius 2 is 1.73 bits per heavy atom. The summed E-state index contributed by atoms with van der Waals surface area (Å²) < 4.78 is 0. The number of rotatable bonds is 2. The van der Waals surface area contributed by atoms with E-state index < -0.39 is 12.1 Å². The highest BCUT2D eigenvalue weighted by Crippen LogP contribution is 2.68. The van der Waals surface area contributed by atoms with Crippen molar-refractivity contribution in [2.45, 2.75) is 84.3 Å². The number of aliphatic hydroxyl groups is 2. The molecule has 0 radical (unpaired) electrons. The molecular weight excluding hydrogens is 328 g/mol. The van der Waals surface area contributed by atoms with Crippen molar-refractivity contribution >= 4 is 5.97 Å². The Hall–Kier alpha value is -0.610. The minimum Gasteiger partial charge on any atom is -0.481 e. The smallest absolute Gasteiger partial charge is 0.306 e. The largest absolute Gasteiger partial charge is 0.481 e. The molecule has 0 aromatic heterocycles. The van der Waals surface area contributed by atoms with Crippen LogP contribution in [0.2, 0.25) is 0 Å². The summed E-state index contributed by atoms with van der Waals surface area (Å²) in [5.74, 6) is 1.16. The van der Waals surface area contributed by atoms with E-state index in [0.717, 1.165) is 38.5 Å². The van der Waals surface area contributed by atoms with Crippen LogP contribution in [0.3, 0.4) is 0 Å². The van der Waals surface area contributed by atoms with Gasteiger partial charge in [-0.05, 0) is 86.4 Å². The molecule has 0 amide bonds. The molecule has 3 N–H and O–H groups in total. The van der Waals surface area contributed by atoms with E-state index in [1.807, 2.05) is 6.92 Å². The highest BCUT2D eigenvalue weighted by Gasteiger charge is 2.64. The van der Waals surface area contributed by atoms with Gasteiger partial charge in [0.25, 0.3) is 0 Å². The molecule has 0 unspecified atom stereocenters. The van der Waals surface area contributed by atoms with Crippen LogP contribution in [-0.4, -0.2) is 33.5 Å². The van der Waals surface area contributed by atoms with Crippen molar-refractivity contribution in [2.24, 2.45) is 46.3 Å². The van der Waals surface area contributed by atoms with Crippen LogP contribution in [0.4, 0.5) is 0 Å². The number of carbonyl (C=O) groups is 1. The lowest BCUT2D eigenvalue weighted by Gasteiger charge is -2.62. The number of fused-ring (bicyclic) bond motifs is 5. The Morgan fingerprint density at radius 3 is 2.42 bits per heavy atom. The minimum atomic E-state index is -0.719. The van der Waals surface area contributed by atoms with Gasteiger partial charge >= 0.3 is 5.97 Å². The van der Waals surface area contributed by atoms with E-state index in [1.165, 1.54) is 12.8 Å². The fourth-order valence-electron chi connectivity index (χ4n) is 8.22. The number of hydrogen-bond acceptors (Lipinski definition) is 3. The van der Waals surface area contributed by atoms with E-state index in [1.54, 1.807) is 0 Å². The summed E-state index contributed by atoms with van der Waals surface area (Å²) in [6.07, 6.45) is 7.57. The van der Waals surface area contributed by atoms with Gasteiger partial charge in [0, 0.05) is 5.41 Å². The van der Waals surface area contributed by atoms with Gasteiger partial charge in [0.1, 0.15) is 0 Å². The maximum atomic E-state index is 11.7. The van der Waals surface area contributed by atoms with Crippen molar-refractivity contribution in [1.29, 1.82) is 0 Å². The highest BCUT2D eigenvalue weighted by molar-refractivity contribution is 5.70. The minimum absolute atomic E-state index is 0.0830. The quantitative estimate of drug-likeness (QED) is 0.698. The van der Waals surface area contributed by atoms with E-state index in [2.05, 4.69) is 13.8 Å². The zero-order valence-electron chi connectivity index (χ0n) is 16.5. The molecule has 0 spiro atoms. The molecule has 4 aliphatic rings. The van der Waals surface area contributed by atoms with Crippen molar-refractivity contribution in [2.75, 3.05) is 0 Å². The van der Waals surface area contributed by atoms with Gasteiger partial charge in [0.2, 0.25) is 0 Å². The van der Waals surface area contributed by atoms with Crippen LogP contribution >= 0.6 is 0 Å². The monoisotopic (exact) mass is 364 g/mol. The molecule has 4 nitrogen and oxygen atoms in total. The predicted octanol–water partition coefficient (Wildman–Crippen LogP) is 3.70. The fraction of sp³-hybridized carbons (Fsp3) is 0.955. The first-order valence-corrected chi connectivity index (χ1v) is 10.8. The molecule has 0 heterocycles. The maximum absolute atomic E-state index is 11.7. The summed E-state index contributed by atoms with van der Waals surface area (Å²) in [6, 6.07) is 0.